The van der Waals surface area contributed by atoms with Crippen molar-refractivity contribution in [3.8, 4) is 0 Å². The van der Waals surface area contributed by atoms with E-state index < -0.39 is 0 Å². The van der Waals surface area contributed by atoms with Gasteiger partial charge in [-0.15, -0.1) is 11.3 Å². The van der Waals surface area contributed by atoms with E-state index in [2.05, 4.69) is 20.5 Å². The number of hydrogen-bond acceptors (Lipinski definition) is 7. The monoisotopic (exact) mass is 474 g/mol. The zero-order chi connectivity index (χ0) is 23.5. The highest BCUT2D eigenvalue weighted by atomic mass is 32.1. The number of nitrogens with zero attached hydrogens (tertiary/aromatic N) is 3. The molecule has 1 fully saturated rings. The van der Waals surface area contributed by atoms with Crippen molar-refractivity contribution in [2.75, 3.05) is 57.0 Å². The molecule has 1 saturated heterocycles. The van der Waals surface area contributed by atoms with Crippen molar-refractivity contribution in [1.29, 1.82) is 0 Å². The summed E-state index contributed by atoms with van der Waals surface area (Å²) in [5.74, 6) is -0.313. The Hall–Kier alpha value is -2.69. The van der Waals surface area contributed by atoms with Gasteiger partial charge >= 0.3 is 6.03 Å². The van der Waals surface area contributed by atoms with Gasteiger partial charge in [0.2, 0.25) is 0 Å². The lowest BCUT2D eigenvalue weighted by Crippen LogP contribution is -2.41. The van der Waals surface area contributed by atoms with Crippen molar-refractivity contribution >= 4 is 34.6 Å². The zero-order valence-corrected chi connectivity index (χ0v) is 20.0. The second kappa shape index (κ2) is 13.1. The molecule has 180 valence electrons. The Morgan fingerprint density at radius 2 is 2.06 bits per heavy atom. The van der Waals surface area contributed by atoms with Crippen LogP contribution in [0.5, 0.6) is 0 Å². The number of carbonyl (C=O) groups excluding carboxylic acids is 2. The van der Waals surface area contributed by atoms with E-state index in [1.165, 1.54) is 11.3 Å². The number of ether oxygens (including phenoxy) is 1. The summed E-state index contributed by atoms with van der Waals surface area (Å²) in [6, 6.07) is 3.44. The number of nitrogens with two attached hydrogens (primary N) is 1. The normalized spacial score (nSPS) is 14.1. The number of rotatable bonds is 11. The van der Waals surface area contributed by atoms with Crippen LogP contribution in [0.3, 0.4) is 0 Å². The molecule has 3 amide bonds. The summed E-state index contributed by atoms with van der Waals surface area (Å²) in [5.41, 5.74) is 8.13. The van der Waals surface area contributed by atoms with Gasteiger partial charge in [-0.25, -0.2) is 4.79 Å². The van der Waals surface area contributed by atoms with Crippen LogP contribution < -0.4 is 16.4 Å². The van der Waals surface area contributed by atoms with E-state index >= 15 is 0 Å². The second-order valence-electron chi connectivity index (χ2n) is 8.06. The van der Waals surface area contributed by atoms with Crippen molar-refractivity contribution in [2.24, 2.45) is 0 Å². The Kier molecular flexibility index (Phi) is 9.92. The number of urea groups is 1. The number of thiophene rings is 1. The first-order valence-electron chi connectivity index (χ1n) is 11.5. The Morgan fingerprint density at radius 3 is 2.73 bits per heavy atom. The molecule has 0 atom stereocenters. The number of unbranched alkanes of at least 4 members (excludes halogenated alkanes) is 1. The highest BCUT2D eigenvalue weighted by Gasteiger charge is 2.16. The van der Waals surface area contributed by atoms with Crippen LogP contribution in [0.25, 0.3) is 0 Å². The highest BCUT2D eigenvalue weighted by Crippen LogP contribution is 2.23. The smallest absolute Gasteiger partial charge is 0.317 e. The molecule has 1 aliphatic rings. The maximum Gasteiger partial charge on any atom is 0.317 e. The number of anilines is 2. The Morgan fingerprint density at radius 1 is 1.24 bits per heavy atom. The Labute approximate surface area is 199 Å². The third kappa shape index (κ3) is 7.99. The molecule has 0 radical (unpaired) electrons. The first kappa shape index (κ1) is 24.9. The van der Waals surface area contributed by atoms with Gasteiger partial charge in [-0.1, -0.05) is 13.0 Å². The van der Waals surface area contributed by atoms with Crippen LogP contribution in [0.15, 0.2) is 29.1 Å². The van der Waals surface area contributed by atoms with Gasteiger partial charge in [0.25, 0.3) is 5.91 Å². The van der Waals surface area contributed by atoms with Gasteiger partial charge in [-0.05, 0) is 37.4 Å². The van der Waals surface area contributed by atoms with Crippen LogP contribution in [0, 0.1) is 0 Å². The van der Waals surface area contributed by atoms with Crippen LogP contribution in [0.2, 0.25) is 0 Å². The fraction of sp³-hybridized carbons (Fsp3) is 0.522. The minimum atomic E-state index is -0.313. The van der Waals surface area contributed by atoms with Gasteiger partial charge in [0, 0.05) is 49.7 Å². The molecular formula is C23H34N6O3S. The van der Waals surface area contributed by atoms with Crippen molar-refractivity contribution < 1.29 is 14.3 Å². The molecule has 10 heteroatoms. The lowest BCUT2D eigenvalue weighted by molar-refractivity contribution is 0.0369. The molecule has 2 aromatic heterocycles. The zero-order valence-electron chi connectivity index (χ0n) is 19.2. The molecule has 3 heterocycles. The molecule has 0 saturated carbocycles. The summed E-state index contributed by atoms with van der Waals surface area (Å²) >= 11 is 1.43. The molecular weight excluding hydrogens is 440 g/mol. The number of nitrogen functional groups attached to an aromatic ring is 1. The number of pyridine rings is 1. The van der Waals surface area contributed by atoms with Crippen LogP contribution >= 0.6 is 11.3 Å². The molecule has 0 aromatic carbocycles. The molecule has 0 spiro atoms. The van der Waals surface area contributed by atoms with Crippen molar-refractivity contribution in [1.82, 2.24) is 20.1 Å². The molecule has 2 aromatic rings. The average Bonchev–Trinajstić information content (AvgIpc) is 3.24. The van der Waals surface area contributed by atoms with Gasteiger partial charge in [0.05, 0.1) is 24.6 Å². The molecule has 0 unspecified atom stereocenters. The van der Waals surface area contributed by atoms with E-state index in [1.54, 1.807) is 23.0 Å². The van der Waals surface area contributed by atoms with Crippen LogP contribution in [0.1, 0.15) is 42.2 Å². The number of carbonyl (C=O) groups is 2. The summed E-state index contributed by atoms with van der Waals surface area (Å²) in [4.78, 5) is 33.6. The standard InChI is InChI=1S/C23H34N6O3S/c1-2-7-25-23(31)29(9-4-3-8-28-10-12-32-13-11-28)15-18-5-6-20(26-14-18)22(30)27-21-17-33-16-19(21)24/h5-6,14,16-17H,2-4,7-13,15,24H2,1H3,(H,25,31)(H,27,30). The maximum atomic E-state index is 12.7. The van der Waals surface area contributed by atoms with Gasteiger partial charge < -0.3 is 26.0 Å². The molecule has 4 N–H and O–H groups in total. The quantitative estimate of drug-likeness (QED) is 0.432. The number of aromatic nitrogens is 1. The molecule has 9 nitrogen and oxygen atoms in total. The van der Waals surface area contributed by atoms with Crippen LogP contribution in [0.4, 0.5) is 16.2 Å². The van der Waals surface area contributed by atoms with E-state index in [0.717, 1.165) is 57.7 Å². The molecule has 3 rings (SSSR count). The Balaban J connectivity index is 1.53. The lowest BCUT2D eigenvalue weighted by Gasteiger charge is -2.27. The first-order valence-corrected chi connectivity index (χ1v) is 12.4. The van der Waals surface area contributed by atoms with Crippen molar-refractivity contribution in [2.45, 2.75) is 32.7 Å². The largest absolute Gasteiger partial charge is 0.396 e. The molecule has 0 aliphatic carbocycles. The van der Waals surface area contributed by atoms with Crippen LogP contribution in [-0.4, -0.2) is 72.7 Å². The summed E-state index contributed by atoms with van der Waals surface area (Å²) in [6.07, 6.45) is 4.49. The molecule has 1 aliphatic heterocycles. The van der Waals surface area contributed by atoms with Gasteiger partial charge in [0.1, 0.15) is 5.69 Å². The maximum absolute atomic E-state index is 12.7. The molecule has 0 bridgehead atoms. The number of hydrogen-bond donors (Lipinski definition) is 3. The third-order valence-electron chi connectivity index (χ3n) is 5.44. The Bertz CT molecular complexity index is 883. The minimum absolute atomic E-state index is 0.0713. The van der Waals surface area contributed by atoms with Crippen molar-refractivity contribution in [3.05, 3.63) is 40.3 Å². The number of morpholine rings is 1. The topological polar surface area (TPSA) is 113 Å². The fourth-order valence-electron chi connectivity index (χ4n) is 3.53. The predicted molar refractivity (Wildman–Crippen MR) is 132 cm³/mol. The highest BCUT2D eigenvalue weighted by molar-refractivity contribution is 7.09. The van der Waals surface area contributed by atoms with Crippen molar-refractivity contribution in [3.63, 3.8) is 0 Å². The van der Waals surface area contributed by atoms with Gasteiger partial charge in [0.15, 0.2) is 0 Å². The van der Waals surface area contributed by atoms with Gasteiger partial charge in [-0.2, -0.15) is 0 Å². The summed E-state index contributed by atoms with van der Waals surface area (Å²) in [7, 11) is 0. The SMILES string of the molecule is CCCNC(=O)N(CCCCN1CCOCC1)Cc1ccc(C(=O)Nc2cscc2N)nc1. The first-order chi connectivity index (χ1) is 16.1. The van der Waals surface area contributed by atoms with E-state index in [4.69, 9.17) is 10.5 Å². The van der Waals surface area contributed by atoms with Gasteiger partial charge in [-0.3, -0.25) is 14.7 Å². The van der Waals surface area contributed by atoms with Crippen LogP contribution in [-0.2, 0) is 11.3 Å². The lowest BCUT2D eigenvalue weighted by atomic mass is 10.2. The number of amides is 3. The second-order valence-corrected chi connectivity index (χ2v) is 8.80. The van der Waals surface area contributed by atoms with E-state index in [-0.39, 0.29) is 11.9 Å². The summed E-state index contributed by atoms with van der Waals surface area (Å²) < 4.78 is 5.39. The number of nitrogens with one attached hydrogen (secondary N) is 2. The summed E-state index contributed by atoms with van der Waals surface area (Å²) in [5, 5.41) is 9.29. The minimum Gasteiger partial charge on any atom is -0.396 e. The summed E-state index contributed by atoms with van der Waals surface area (Å²) in [6.45, 7) is 8.36. The molecule has 33 heavy (non-hydrogen) atoms. The van der Waals surface area contributed by atoms with E-state index in [1.807, 2.05) is 17.9 Å². The average molecular weight is 475 g/mol. The third-order valence-corrected chi connectivity index (χ3v) is 6.20. The van der Waals surface area contributed by atoms with E-state index in [9.17, 15) is 9.59 Å². The predicted octanol–water partition coefficient (Wildman–Crippen LogP) is 3.01. The van der Waals surface area contributed by atoms with E-state index in [0.29, 0.717) is 36.7 Å². The fourth-order valence-corrected chi connectivity index (χ4v) is 4.20.